The highest BCUT2D eigenvalue weighted by molar-refractivity contribution is 5.70. The number of esters is 1. The number of carbonyl (C=O) groups is 1. The largest absolute Gasteiger partial charge is 0.431 e. The summed E-state index contributed by atoms with van der Waals surface area (Å²) in [4.78, 5) is 11.4. The third-order valence-electron chi connectivity index (χ3n) is 3.23. The first kappa shape index (κ1) is 9.75. The van der Waals surface area contributed by atoms with Gasteiger partial charge < -0.3 is 4.74 Å². The molecule has 0 amide bonds. The van der Waals surface area contributed by atoms with Crippen LogP contribution < -0.4 is 0 Å². The summed E-state index contributed by atoms with van der Waals surface area (Å²) in [5, 5.41) is 0. The van der Waals surface area contributed by atoms with Gasteiger partial charge in [0, 0.05) is 12.8 Å². The van der Waals surface area contributed by atoms with E-state index in [-0.39, 0.29) is 5.97 Å². The van der Waals surface area contributed by atoms with Gasteiger partial charge in [-0.3, -0.25) is 4.79 Å². The van der Waals surface area contributed by atoms with Crippen LogP contribution in [0.2, 0.25) is 0 Å². The molecule has 0 spiro atoms. The van der Waals surface area contributed by atoms with Crippen molar-refractivity contribution in [3.63, 3.8) is 0 Å². The van der Waals surface area contributed by atoms with Crippen LogP contribution in [0.4, 0.5) is 0 Å². The van der Waals surface area contributed by atoms with Crippen LogP contribution in [-0.4, -0.2) is 5.97 Å². The summed E-state index contributed by atoms with van der Waals surface area (Å²) in [6, 6.07) is 0. The number of carbonyl (C=O) groups excluding carboxylic acids is 1. The SMILES string of the molecule is CCCCC(=O)OC1=C2CCC(C2)C1. The van der Waals surface area contributed by atoms with Crippen LogP contribution in [0.5, 0.6) is 0 Å². The van der Waals surface area contributed by atoms with E-state index in [1.807, 2.05) is 0 Å². The summed E-state index contributed by atoms with van der Waals surface area (Å²) < 4.78 is 5.39. The second-order valence-electron chi connectivity index (χ2n) is 4.42. The standard InChI is InChI=1S/C12H18O2/c1-2-3-4-12(13)14-11-8-9-5-6-10(11)7-9/h9H,2-8H2,1H3. The summed E-state index contributed by atoms with van der Waals surface area (Å²) in [5.74, 6) is 1.78. The molecule has 1 saturated carbocycles. The van der Waals surface area contributed by atoms with Crippen molar-refractivity contribution in [3.05, 3.63) is 11.3 Å². The molecule has 0 aromatic heterocycles. The van der Waals surface area contributed by atoms with Crippen molar-refractivity contribution in [2.24, 2.45) is 5.92 Å². The molecule has 1 atom stereocenters. The molecule has 0 aromatic rings. The van der Waals surface area contributed by atoms with E-state index >= 15 is 0 Å². The Kier molecular flexibility index (Phi) is 2.90. The second kappa shape index (κ2) is 4.16. The summed E-state index contributed by atoms with van der Waals surface area (Å²) >= 11 is 0. The van der Waals surface area contributed by atoms with E-state index in [0.29, 0.717) is 6.42 Å². The van der Waals surface area contributed by atoms with Crippen molar-refractivity contribution in [2.45, 2.75) is 51.9 Å². The van der Waals surface area contributed by atoms with Crippen molar-refractivity contribution in [1.82, 2.24) is 0 Å². The molecule has 0 saturated heterocycles. The fourth-order valence-electron chi connectivity index (χ4n) is 2.39. The average molecular weight is 194 g/mol. The van der Waals surface area contributed by atoms with E-state index in [2.05, 4.69) is 6.92 Å². The zero-order valence-corrected chi connectivity index (χ0v) is 8.84. The van der Waals surface area contributed by atoms with Gasteiger partial charge in [-0.25, -0.2) is 0 Å². The van der Waals surface area contributed by atoms with Gasteiger partial charge in [-0.2, -0.15) is 0 Å². The first-order chi connectivity index (χ1) is 6.79. The molecule has 78 valence electrons. The molecule has 2 rings (SSSR count). The molecular weight excluding hydrogens is 176 g/mol. The van der Waals surface area contributed by atoms with Gasteiger partial charge in [-0.15, -0.1) is 0 Å². The third-order valence-corrected chi connectivity index (χ3v) is 3.23. The van der Waals surface area contributed by atoms with Gasteiger partial charge in [0.15, 0.2) is 0 Å². The highest BCUT2D eigenvalue weighted by Crippen LogP contribution is 2.44. The normalized spacial score (nSPS) is 24.5. The second-order valence-corrected chi connectivity index (χ2v) is 4.42. The fourth-order valence-corrected chi connectivity index (χ4v) is 2.39. The molecular formula is C12H18O2. The smallest absolute Gasteiger partial charge is 0.310 e. The van der Waals surface area contributed by atoms with E-state index in [1.54, 1.807) is 0 Å². The molecule has 2 heteroatoms. The lowest BCUT2D eigenvalue weighted by molar-refractivity contribution is -0.140. The Hall–Kier alpha value is -0.790. The van der Waals surface area contributed by atoms with Gasteiger partial charge in [0.25, 0.3) is 0 Å². The monoisotopic (exact) mass is 194 g/mol. The molecule has 0 radical (unpaired) electrons. The Bertz CT molecular complexity index is 265. The molecule has 0 aliphatic heterocycles. The lowest BCUT2D eigenvalue weighted by Crippen LogP contribution is -2.06. The van der Waals surface area contributed by atoms with E-state index < -0.39 is 0 Å². The maximum Gasteiger partial charge on any atom is 0.310 e. The molecule has 14 heavy (non-hydrogen) atoms. The fraction of sp³-hybridized carbons (Fsp3) is 0.750. The Morgan fingerprint density at radius 1 is 1.50 bits per heavy atom. The first-order valence-corrected chi connectivity index (χ1v) is 5.71. The predicted molar refractivity (Wildman–Crippen MR) is 54.6 cm³/mol. The van der Waals surface area contributed by atoms with Gasteiger partial charge in [0.05, 0.1) is 0 Å². The number of rotatable bonds is 4. The number of unbranched alkanes of at least 4 members (excludes halogenated alkanes) is 1. The van der Waals surface area contributed by atoms with Crippen LogP contribution in [-0.2, 0) is 9.53 Å². The molecule has 1 unspecified atom stereocenters. The molecule has 1 fully saturated rings. The van der Waals surface area contributed by atoms with Crippen LogP contribution in [0.15, 0.2) is 11.3 Å². The van der Waals surface area contributed by atoms with Crippen molar-refractivity contribution >= 4 is 5.97 Å². The highest BCUT2D eigenvalue weighted by Gasteiger charge is 2.32. The first-order valence-electron chi connectivity index (χ1n) is 5.71. The van der Waals surface area contributed by atoms with E-state index in [1.165, 1.54) is 24.8 Å². The van der Waals surface area contributed by atoms with Crippen LogP contribution in [0.1, 0.15) is 51.9 Å². The minimum Gasteiger partial charge on any atom is -0.431 e. The van der Waals surface area contributed by atoms with Crippen LogP contribution in [0, 0.1) is 5.92 Å². The van der Waals surface area contributed by atoms with Gasteiger partial charge in [0.1, 0.15) is 5.76 Å². The predicted octanol–water partition coefficient (Wildman–Crippen LogP) is 3.18. The zero-order valence-electron chi connectivity index (χ0n) is 8.84. The number of allylic oxidation sites excluding steroid dienone is 2. The van der Waals surface area contributed by atoms with E-state index in [0.717, 1.165) is 30.9 Å². The van der Waals surface area contributed by atoms with Gasteiger partial charge in [0.2, 0.25) is 0 Å². The number of hydrogen-bond acceptors (Lipinski definition) is 2. The topological polar surface area (TPSA) is 26.3 Å². The molecule has 2 bridgehead atoms. The minimum absolute atomic E-state index is 0.0260. The highest BCUT2D eigenvalue weighted by atomic mass is 16.5. The molecule has 2 aliphatic carbocycles. The third kappa shape index (κ3) is 1.99. The summed E-state index contributed by atoms with van der Waals surface area (Å²) in [6.45, 7) is 2.09. The van der Waals surface area contributed by atoms with Crippen molar-refractivity contribution < 1.29 is 9.53 Å². The molecule has 2 nitrogen and oxygen atoms in total. The maximum absolute atomic E-state index is 11.4. The van der Waals surface area contributed by atoms with Gasteiger partial charge in [-0.05, 0) is 37.2 Å². The Morgan fingerprint density at radius 3 is 2.93 bits per heavy atom. The van der Waals surface area contributed by atoms with E-state index in [9.17, 15) is 4.79 Å². The minimum atomic E-state index is -0.0260. The van der Waals surface area contributed by atoms with Crippen LogP contribution >= 0.6 is 0 Å². The average Bonchev–Trinajstić information content (AvgIpc) is 2.76. The molecule has 0 N–H and O–H groups in total. The lowest BCUT2D eigenvalue weighted by Gasteiger charge is -2.11. The molecule has 2 aliphatic rings. The quantitative estimate of drug-likeness (QED) is 0.642. The Balaban J connectivity index is 1.83. The van der Waals surface area contributed by atoms with Crippen LogP contribution in [0.3, 0.4) is 0 Å². The van der Waals surface area contributed by atoms with Crippen molar-refractivity contribution in [1.29, 1.82) is 0 Å². The zero-order chi connectivity index (χ0) is 9.97. The van der Waals surface area contributed by atoms with E-state index in [4.69, 9.17) is 4.74 Å². The number of fused-ring (bicyclic) bond motifs is 2. The maximum atomic E-state index is 11.4. The van der Waals surface area contributed by atoms with Crippen molar-refractivity contribution in [2.75, 3.05) is 0 Å². The Morgan fingerprint density at radius 2 is 2.36 bits per heavy atom. The summed E-state index contributed by atoms with van der Waals surface area (Å²) in [6.07, 6.45) is 7.28. The van der Waals surface area contributed by atoms with Gasteiger partial charge >= 0.3 is 5.97 Å². The number of hydrogen-bond donors (Lipinski definition) is 0. The molecule has 0 aromatic carbocycles. The van der Waals surface area contributed by atoms with Crippen LogP contribution in [0.25, 0.3) is 0 Å². The van der Waals surface area contributed by atoms with Gasteiger partial charge in [-0.1, -0.05) is 13.3 Å². The summed E-state index contributed by atoms with van der Waals surface area (Å²) in [7, 11) is 0. The number of ether oxygens (including phenoxy) is 1. The van der Waals surface area contributed by atoms with Crippen molar-refractivity contribution in [3.8, 4) is 0 Å². The lowest BCUT2D eigenvalue weighted by atomic mass is 10.1. The molecule has 0 heterocycles. The Labute approximate surface area is 85.3 Å². The summed E-state index contributed by atoms with van der Waals surface area (Å²) in [5.41, 5.74) is 1.42.